The van der Waals surface area contributed by atoms with Crippen LogP contribution in [0.4, 0.5) is 5.69 Å². The summed E-state index contributed by atoms with van der Waals surface area (Å²) in [4.78, 5) is 26.7. The van der Waals surface area contributed by atoms with Gasteiger partial charge in [0.1, 0.15) is 5.75 Å². The van der Waals surface area contributed by atoms with Crippen molar-refractivity contribution in [2.24, 2.45) is 4.99 Å². The van der Waals surface area contributed by atoms with E-state index in [0.717, 1.165) is 5.56 Å². The molecule has 0 N–H and O–H groups in total. The number of aliphatic imine (C=N–C) groups is 1. The van der Waals surface area contributed by atoms with E-state index in [1.165, 1.54) is 19.2 Å². The molecule has 1 aliphatic heterocycles. The molecule has 0 unspecified atom stereocenters. The van der Waals surface area contributed by atoms with Gasteiger partial charge in [-0.2, -0.15) is 0 Å². The fourth-order valence-corrected chi connectivity index (χ4v) is 2.66. The first-order valence-electron chi connectivity index (χ1n) is 8.41. The minimum Gasteiger partial charge on any atom is -0.497 e. The lowest BCUT2D eigenvalue weighted by atomic mass is 10.1. The van der Waals surface area contributed by atoms with Crippen molar-refractivity contribution in [3.63, 3.8) is 0 Å². The van der Waals surface area contributed by atoms with Crippen LogP contribution in [-0.4, -0.2) is 43.2 Å². The third kappa shape index (κ3) is 4.17. The van der Waals surface area contributed by atoms with Gasteiger partial charge in [0.25, 0.3) is 5.69 Å². The fourth-order valence-electron chi connectivity index (χ4n) is 2.66. The summed E-state index contributed by atoms with van der Waals surface area (Å²) in [7, 11) is 2.87. The molecule has 8 heteroatoms. The molecule has 0 radical (unpaired) electrons. The summed E-state index contributed by atoms with van der Waals surface area (Å²) in [6.45, 7) is 0. The van der Waals surface area contributed by atoms with Crippen molar-refractivity contribution in [1.82, 2.24) is 0 Å². The number of nitro benzene ring substituents is 1. The van der Waals surface area contributed by atoms with Crippen molar-refractivity contribution < 1.29 is 23.9 Å². The number of rotatable bonds is 6. The molecule has 0 saturated carbocycles. The molecule has 2 aromatic carbocycles. The van der Waals surface area contributed by atoms with Crippen LogP contribution >= 0.6 is 0 Å². The predicted octanol–water partition coefficient (Wildman–Crippen LogP) is 3.00. The molecule has 1 heterocycles. The Kier molecular flexibility index (Phi) is 5.69. The number of hydrogen-bond acceptors (Lipinski definition) is 7. The van der Waals surface area contributed by atoms with Gasteiger partial charge in [0, 0.05) is 17.7 Å². The SMILES string of the molecule is COC(=O)[C@H]1N=C(c2ccc(OC)cc2)O[C@H]1/C=C/c1ccc([N+](=O)[O-])cc1. The van der Waals surface area contributed by atoms with E-state index in [9.17, 15) is 14.9 Å². The zero-order valence-corrected chi connectivity index (χ0v) is 15.3. The van der Waals surface area contributed by atoms with E-state index in [4.69, 9.17) is 14.2 Å². The summed E-state index contributed by atoms with van der Waals surface area (Å²) in [5.41, 5.74) is 1.45. The number of benzene rings is 2. The molecule has 3 rings (SSSR count). The maximum Gasteiger partial charge on any atom is 0.334 e. The maximum atomic E-state index is 12.1. The zero-order valence-electron chi connectivity index (χ0n) is 15.3. The number of methoxy groups -OCH3 is 2. The summed E-state index contributed by atoms with van der Waals surface area (Å²) in [6, 6.07) is 12.3. The quantitative estimate of drug-likeness (QED) is 0.432. The van der Waals surface area contributed by atoms with E-state index in [2.05, 4.69) is 4.99 Å². The lowest BCUT2D eigenvalue weighted by Crippen LogP contribution is -2.29. The molecular formula is C20H18N2O6. The topological polar surface area (TPSA) is 100 Å². The predicted molar refractivity (Wildman–Crippen MR) is 102 cm³/mol. The first-order chi connectivity index (χ1) is 13.5. The monoisotopic (exact) mass is 382 g/mol. The highest BCUT2D eigenvalue weighted by Crippen LogP contribution is 2.23. The van der Waals surface area contributed by atoms with Crippen molar-refractivity contribution >= 4 is 23.6 Å². The van der Waals surface area contributed by atoms with Crippen LogP contribution in [0.1, 0.15) is 11.1 Å². The number of non-ortho nitro benzene ring substituents is 1. The van der Waals surface area contributed by atoms with E-state index in [1.54, 1.807) is 55.7 Å². The van der Waals surface area contributed by atoms with Crippen LogP contribution in [-0.2, 0) is 14.3 Å². The van der Waals surface area contributed by atoms with Gasteiger partial charge in [0.2, 0.25) is 5.90 Å². The molecule has 0 fully saturated rings. The Labute approximate surface area is 161 Å². The van der Waals surface area contributed by atoms with Crippen LogP contribution < -0.4 is 4.74 Å². The molecule has 2 atom stereocenters. The van der Waals surface area contributed by atoms with Crippen LogP contribution in [0.25, 0.3) is 6.08 Å². The Balaban J connectivity index is 1.79. The van der Waals surface area contributed by atoms with E-state index < -0.39 is 23.0 Å². The standard InChI is InChI=1S/C20H18N2O6/c1-26-16-10-6-14(7-11-16)19-21-18(20(23)27-2)17(28-19)12-5-13-3-8-15(9-4-13)22(24)25/h3-12,17-18H,1-2H3/b12-5+/t17-,18-/m0/s1. The summed E-state index contributed by atoms with van der Waals surface area (Å²) in [5, 5.41) is 10.7. The van der Waals surface area contributed by atoms with Crippen LogP contribution in [0.2, 0.25) is 0 Å². The van der Waals surface area contributed by atoms with Crippen LogP contribution in [0, 0.1) is 10.1 Å². The Morgan fingerprint density at radius 2 is 1.82 bits per heavy atom. The molecule has 2 aromatic rings. The summed E-state index contributed by atoms with van der Waals surface area (Å²) >= 11 is 0. The van der Waals surface area contributed by atoms with E-state index in [-0.39, 0.29) is 5.69 Å². The van der Waals surface area contributed by atoms with Gasteiger partial charge < -0.3 is 14.2 Å². The summed E-state index contributed by atoms with van der Waals surface area (Å²) in [5.74, 6) is 0.514. The molecule has 0 saturated heterocycles. The third-order valence-electron chi connectivity index (χ3n) is 4.18. The zero-order chi connectivity index (χ0) is 20.1. The van der Waals surface area contributed by atoms with Gasteiger partial charge >= 0.3 is 5.97 Å². The Hall–Kier alpha value is -3.68. The Bertz CT molecular complexity index is 919. The van der Waals surface area contributed by atoms with Gasteiger partial charge in [0.15, 0.2) is 12.1 Å². The second-order valence-corrected chi connectivity index (χ2v) is 5.92. The number of carbonyl (C=O) groups is 1. The third-order valence-corrected chi connectivity index (χ3v) is 4.18. The Morgan fingerprint density at radius 1 is 1.14 bits per heavy atom. The van der Waals surface area contributed by atoms with Crippen LogP contribution in [0.5, 0.6) is 5.75 Å². The number of nitro groups is 1. The lowest BCUT2D eigenvalue weighted by Gasteiger charge is -2.12. The second-order valence-electron chi connectivity index (χ2n) is 5.92. The molecule has 8 nitrogen and oxygen atoms in total. The molecule has 1 aliphatic rings. The van der Waals surface area contributed by atoms with Crippen LogP contribution in [0.15, 0.2) is 59.6 Å². The van der Waals surface area contributed by atoms with Crippen LogP contribution in [0.3, 0.4) is 0 Å². The fraction of sp³-hybridized carbons (Fsp3) is 0.200. The average Bonchev–Trinajstić information content (AvgIpc) is 3.16. The van der Waals surface area contributed by atoms with Crippen molar-refractivity contribution in [1.29, 1.82) is 0 Å². The van der Waals surface area contributed by atoms with Gasteiger partial charge in [-0.1, -0.05) is 6.08 Å². The number of esters is 1. The van der Waals surface area contributed by atoms with Crippen molar-refractivity contribution in [2.75, 3.05) is 14.2 Å². The van der Waals surface area contributed by atoms with E-state index in [0.29, 0.717) is 17.2 Å². The lowest BCUT2D eigenvalue weighted by molar-refractivity contribution is -0.384. The molecule has 0 spiro atoms. The highest BCUT2D eigenvalue weighted by molar-refractivity contribution is 5.98. The molecule has 0 aliphatic carbocycles. The molecular weight excluding hydrogens is 364 g/mol. The minimum atomic E-state index is -0.837. The van der Waals surface area contributed by atoms with Gasteiger partial charge in [0.05, 0.1) is 19.1 Å². The number of nitrogens with zero attached hydrogens (tertiary/aromatic N) is 2. The molecule has 28 heavy (non-hydrogen) atoms. The molecule has 144 valence electrons. The van der Waals surface area contributed by atoms with Gasteiger partial charge in [-0.25, -0.2) is 9.79 Å². The molecule has 0 bridgehead atoms. The normalized spacial score (nSPS) is 18.4. The maximum absolute atomic E-state index is 12.1. The minimum absolute atomic E-state index is 0.00632. The summed E-state index contributed by atoms with van der Waals surface area (Å²) in [6.07, 6.45) is 2.75. The average molecular weight is 382 g/mol. The molecule has 0 aromatic heterocycles. The first-order valence-corrected chi connectivity index (χ1v) is 8.41. The smallest absolute Gasteiger partial charge is 0.334 e. The largest absolute Gasteiger partial charge is 0.497 e. The number of hydrogen-bond donors (Lipinski definition) is 0. The summed E-state index contributed by atoms with van der Waals surface area (Å²) < 4.78 is 15.8. The highest BCUT2D eigenvalue weighted by Gasteiger charge is 2.36. The van der Waals surface area contributed by atoms with E-state index >= 15 is 0 Å². The van der Waals surface area contributed by atoms with Gasteiger partial charge in [-0.15, -0.1) is 0 Å². The van der Waals surface area contributed by atoms with Crippen molar-refractivity contribution in [3.8, 4) is 5.75 Å². The van der Waals surface area contributed by atoms with Gasteiger partial charge in [-0.3, -0.25) is 10.1 Å². The highest BCUT2D eigenvalue weighted by atomic mass is 16.6. The van der Waals surface area contributed by atoms with Crippen molar-refractivity contribution in [2.45, 2.75) is 12.1 Å². The van der Waals surface area contributed by atoms with E-state index in [1.807, 2.05) is 0 Å². The second kappa shape index (κ2) is 8.34. The molecule has 0 amide bonds. The van der Waals surface area contributed by atoms with Gasteiger partial charge in [-0.05, 0) is 48.0 Å². The number of carbonyl (C=O) groups excluding carboxylic acids is 1. The Morgan fingerprint density at radius 3 is 2.39 bits per heavy atom. The number of ether oxygens (including phenoxy) is 3. The first kappa shape index (κ1) is 19.1. The van der Waals surface area contributed by atoms with Crippen molar-refractivity contribution in [3.05, 3.63) is 75.8 Å².